The van der Waals surface area contributed by atoms with Gasteiger partial charge in [-0.2, -0.15) is 0 Å². The van der Waals surface area contributed by atoms with E-state index in [1.807, 2.05) is 0 Å². The predicted octanol–water partition coefficient (Wildman–Crippen LogP) is 1.89. The van der Waals surface area contributed by atoms with E-state index in [1.165, 1.54) is 12.1 Å². The second-order valence-corrected chi connectivity index (χ2v) is 5.37. The molecular formula is C17H14FN3O3. The normalized spacial score (nSPS) is 16.5. The van der Waals surface area contributed by atoms with Crippen LogP contribution in [0, 0.1) is 5.82 Å². The van der Waals surface area contributed by atoms with E-state index in [0.29, 0.717) is 16.8 Å². The van der Waals surface area contributed by atoms with E-state index in [2.05, 4.69) is 16.0 Å². The van der Waals surface area contributed by atoms with Crippen molar-refractivity contribution in [2.45, 2.75) is 12.5 Å². The minimum absolute atomic E-state index is 0.128. The average Bonchev–Trinajstić information content (AvgIpc) is 2.89. The summed E-state index contributed by atoms with van der Waals surface area (Å²) in [7, 11) is 0. The average molecular weight is 327 g/mol. The Kier molecular flexibility index (Phi) is 4.24. The van der Waals surface area contributed by atoms with Gasteiger partial charge in [-0.15, -0.1) is 0 Å². The number of hydrogen-bond donors (Lipinski definition) is 3. The van der Waals surface area contributed by atoms with Gasteiger partial charge in [0.1, 0.15) is 11.9 Å². The number of urea groups is 1. The quantitative estimate of drug-likeness (QED) is 0.750. The molecule has 0 bridgehead atoms. The first kappa shape index (κ1) is 15.7. The highest BCUT2D eigenvalue weighted by molar-refractivity contribution is 6.04. The molecule has 2 aromatic carbocycles. The van der Waals surface area contributed by atoms with E-state index in [9.17, 15) is 18.8 Å². The van der Waals surface area contributed by atoms with Crippen LogP contribution in [0.25, 0.3) is 0 Å². The molecule has 0 saturated carbocycles. The zero-order valence-electron chi connectivity index (χ0n) is 12.5. The van der Waals surface area contributed by atoms with E-state index in [-0.39, 0.29) is 18.1 Å². The Bertz CT molecular complexity index is 788. The molecule has 1 saturated heterocycles. The zero-order chi connectivity index (χ0) is 17.1. The molecule has 1 fully saturated rings. The number of carbonyl (C=O) groups excluding carboxylic acids is 3. The molecule has 0 aliphatic carbocycles. The maximum Gasteiger partial charge on any atom is 0.322 e. The van der Waals surface area contributed by atoms with Gasteiger partial charge in [0.05, 0.1) is 6.42 Å². The fourth-order valence-electron chi connectivity index (χ4n) is 2.40. The number of amides is 4. The second kappa shape index (κ2) is 6.49. The largest absolute Gasteiger partial charge is 0.326 e. The van der Waals surface area contributed by atoms with Crippen molar-refractivity contribution < 1.29 is 18.8 Å². The van der Waals surface area contributed by atoms with E-state index < -0.39 is 18.0 Å². The Morgan fingerprint density at radius 1 is 1.04 bits per heavy atom. The van der Waals surface area contributed by atoms with Crippen molar-refractivity contribution in [2.75, 3.05) is 5.32 Å². The molecule has 7 heteroatoms. The minimum Gasteiger partial charge on any atom is -0.326 e. The molecule has 6 nitrogen and oxygen atoms in total. The fraction of sp³-hybridized carbons (Fsp3) is 0.118. The highest BCUT2D eigenvalue weighted by Crippen LogP contribution is 2.19. The van der Waals surface area contributed by atoms with Crippen LogP contribution in [0.2, 0.25) is 0 Å². The molecule has 122 valence electrons. The van der Waals surface area contributed by atoms with Gasteiger partial charge in [-0.3, -0.25) is 14.9 Å². The monoisotopic (exact) mass is 327 g/mol. The molecule has 0 radical (unpaired) electrons. The summed E-state index contributed by atoms with van der Waals surface area (Å²) < 4.78 is 12.8. The van der Waals surface area contributed by atoms with Gasteiger partial charge in [0.15, 0.2) is 0 Å². The summed E-state index contributed by atoms with van der Waals surface area (Å²) >= 11 is 0. The number of halogens is 1. The summed E-state index contributed by atoms with van der Waals surface area (Å²) in [6.07, 6.45) is 0.128. The van der Waals surface area contributed by atoms with Crippen LogP contribution >= 0.6 is 0 Å². The van der Waals surface area contributed by atoms with Crippen LogP contribution in [-0.4, -0.2) is 17.8 Å². The number of carbonyl (C=O) groups is 3. The molecule has 0 spiro atoms. The Hall–Kier alpha value is -3.22. The molecule has 24 heavy (non-hydrogen) atoms. The van der Waals surface area contributed by atoms with Crippen molar-refractivity contribution in [3.63, 3.8) is 0 Å². The first-order chi connectivity index (χ1) is 11.5. The number of nitrogens with one attached hydrogen (secondary N) is 3. The number of hydrogen-bond acceptors (Lipinski definition) is 3. The van der Waals surface area contributed by atoms with Crippen molar-refractivity contribution in [3.8, 4) is 0 Å². The lowest BCUT2D eigenvalue weighted by Gasteiger charge is -2.09. The van der Waals surface area contributed by atoms with Crippen molar-refractivity contribution in [3.05, 3.63) is 65.5 Å². The van der Waals surface area contributed by atoms with E-state index in [1.54, 1.807) is 36.4 Å². The van der Waals surface area contributed by atoms with Crippen molar-refractivity contribution in [2.24, 2.45) is 0 Å². The molecule has 3 rings (SSSR count). The lowest BCUT2D eigenvalue weighted by Crippen LogP contribution is -2.22. The predicted molar refractivity (Wildman–Crippen MR) is 84.6 cm³/mol. The third kappa shape index (κ3) is 3.57. The summed E-state index contributed by atoms with van der Waals surface area (Å²) in [4.78, 5) is 34.7. The Morgan fingerprint density at radius 2 is 1.71 bits per heavy atom. The molecule has 1 heterocycles. The first-order valence-electron chi connectivity index (χ1n) is 7.27. The van der Waals surface area contributed by atoms with Gasteiger partial charge in [-0.25, -0.2) is 9.18 Å². The molecule has 3 N–H and O–H groups in total. The van der Waals surface area contributed by atoms with Crippen LogP contribution < -0.4 is 16.0 Å². The van der Waals surface area contributed by atoms with E-state index in [4.69, 9.17) is 0 Å². The molecule has 4 amide bonds. The van der Waals surface area contributed by atoms with E-state index in [0.717, 1.165) is 0 Å². The van der Waals surface area contributed by atoms with Gasteiger partial charge in [0, 0.05) is 5.69 Å². The third-order valence-corrected chi connectivity index (χ3v) is 3.58. The van der Waals surface area contributed by atoms with Crippen LogP contribution in [0.4, 0.5) is 14.9 Å². The van der Waals surface area contributed by atoms with Gasteiger partial charge in [-0.1, -0.05) is 24.3 Å². The molecule has 1 atom stereocenters. The minimum atomic E-state index is -0.721. The van der Waals surface area contributed by atoms with Crippen molar-refractivity contribution in [1.82, 2.24) is 10.6 Å². The Labute approximate surface area is 137 Å². The van der Waals surface area contributed by atoms with Crippen LogP contribution in [0.3, 0.4) is 0 Å². The topological polar surface area (TPSA) is 87.3 Å². The van der Waals surface area contributed by atoms with Gasteiger partial charge in [0.2, 0.25) is 5.91 Å². The van der Waals surface area contributed by atoms with Crippen LogP contribution in [0.5, 0.6) is 0 Å². The molecule has 2 aromatic rings. The summed E-state index contributed by atoms with van der Waals surface area (Å²) in [6, 6.07) is 11.1. The summed E-state index contributed by atoms with van der Waals surface area (Å²) in [6.45, 7) is 0. The zero-order valence-corrected chi connectivity index (χ0v) is 12.5. The standard InChI is InChI=1S/C17H14FN3O3/c18-12-5-1-10(2-6-12)9-14(22)19-13-7-3-11(4-8-13)15-16(23)21-17(24)20-15/h1-8,15H,9H2,(H,19,22)(H2,20,21,23,24). The fourth-order valence-corrected chi connectivity index (χ4v) is 2.40. The molecule has 1 unspecified atom stereocenters. The van der Waals surface area contributed by atoms with Crippen molar-refractivity contribution >= 4 is 23.5 Å². The highest BCUT2D eigenvalue weighted by Gasteiger charge is 2.30. The molecule has 1 aliphatic heterocycles. The third-order valence-electron chi connectivity index (χ3n) is 3.58. The summed E-state index contributed by atoms with van der Waals surface area (Å²) in [5, 5.41) is 7.38. The smallest absolute Gasteiger partial charge is 0.322 e. The number of anilines is 1. The van der Waals surface area contributed by atoms with Crippen LogP contribution in [0.15, 0.2) is 48.5 Å². The molecule has 1 aliphatic rings. The highest BCUT2D eigenvalue weighted by atomic mass is 19.1. The number of rotatable bonds is 4. The maximum atomic E-state index is 12.8. The Balaban J connectivity index is 1.61. The summed E-state index contributed by atoms with van der Waals surface area (Å²) in [5.41, 5.74) is 1.89. The lowest BCUT2D eigenvalue weighted by atomic mass is 10.1. The van der Waals surface area contributed by atoms with Gasteiger partial charge < -0.3 is 10.6 Å². The lowest BCUT2D eigenvalue weighted by molar-refractivity contribution is -0.120. The number of imide groups is 1. The number of benzene rings is 2. The SMILES string of the molecule is O=C(Cc1ccc(F)cc1)Nc1ccc(C2NC(=O)NC2=O)cc1. The molecular weight excluding hydrogens is 313 g/mol. The van der Waals surface area contributed by atoms with Gasteiger partial charge >= 0.3 is 6.03 Å². The first-order valence-corrected chi connectivity index (χ1v) is 7.27. The summed E-state index contributed by atoms with van der Waals surface area (Å²) in [5.74, 6) is -0.993. The van der Waals surface area contributed by atoms with Crippen molar-refractivity contribution in [1.29, 1.82) is 0 Å². The van der Waals surface area contributed by atoms with Gasteiger partial charge in [-0.05, 0) is 35.4 Å². The Morgan fingerprint density at radius 3 is 2.29 bits per heavy atom. The van der Waals surface area contributed by atoms with Crippen LogP contribution in [0.1, 0.15) is 17.2 Å². The maximum absolute atomic E-state index is 12.8. The second-order valence-electron chi connectivity index (χ2n) is 5.37. The van der Waals surface area contributed by atoms with Crippen LogP contribution in [-0.2, 0) is 16.0 Å². The van der Waals surface area contributed by atoms with Gasteiger partial charge in [0.25, 0.3) is 5.91 Å². The molecule has 0 aromatic heterocycles. The van der Waals surface area contributed by atoms with E-state index >= 15 is 0 Å².